The van der Waals surface area contributed by atoms with Gasteiger partial charge < -0.3 is 9.47 Å². The van der Waals surface area contributed by atoms with E-state index in [0.29, 0.717) is 21.5 Å². The van der Waals surface area contributed by atoms with Gasteiger partial charge in [-0.15, -0.1) is 0 Å². The van der Waals surface area contributed by atoms with Gasteiger partial charge in [-0.05, 0) is 81.7 Å². The Kier molecular flexibility index (Phi) is 7.32. The Hall–Kier alpha value is -3.50. The third-order valence-corrected chi connectivity index (χ3v) is 6.16. The molecular weight excluding hydrogens is 587 g/mol. The first-order valence-electron chi connectivity index (χ1n) is 10.2. The zero-order valence-corrected chi connectivity index (χ0v) is 21.4. The highest BCUT2D eigenvalue weighted by Gasteiger charge is 2.36. The number of amides is 4. The van der Waals surface area contributed by atoms with E-state index in [1.165, 1.54) is 25.3 Å². The normalized spacial score (nSPS) is 14.8. The van der Waals surface area contributed by atoms with Crippen molar-refractivity contribution in [2.24, 2.45) is 0 Å². The van der Waals surface area contributed by atoms with Crippen molar-refractivity contribution in [3.8, 4) is 11.5 Å². The van der Waals surface area contributed by atoms with Crippen molar-refractivity contribution in [3.63, 3.8) is 0 Å². The number of ether oxygens (including phenoxy) is 2. The second-order valence-corrected chi connectivity index (χ2v) is 9.15. The molecule has 1 fully saturated rings. The molecule has 0 unspecified atom stereocenters. The molecule has 3 aromatic carbocycles. The van der Waals surface area contributed by atoms with Crippen LogP contribution in [0.5, 0.6) is 11.5 Å². The van der Waals surface area contributed by atoms with Gasteiger partial charge in [0.2, 0.25) is 0 Å². The number of carbonyl (C=O) groups is 3. The van der Waals surface area contributed by atoms with E-state index < -0.39 is 23.7 Å². The van der Waals surface area contributed by atoms with Crippen LogP contribution in [0.2, 0.25) is 0 Å². The number of hydrogen-bond donors (Lipinski definition) is 1. The number of anilines is 1. The van der Waals surface area contributed by atoms with Gasteiger partial charge in [-0.25, -0.2) is 14.1 Å². The van der Waals surface area contributed by atoms with E-state index in [2.05, 4.69) is 37.2 Å². The molecule has 0 saturated carbocycles. The number of hydrogen-bond acceptors (Lipinski definition) is 5. The number of nitrogens with zero attached hydrogens (tertiary/aromatic N) is 1. The van der Waals surface area contributed by atoms with E-state index in [1.54, 1.807) is 12.1 Å². The molecule has 0 aromatic heterocycles. The van der Waals surface area contributed by atoms with Gasteiger partial charge in [0.15, 0.2) is 11.5 Å². The first-order chi connectivity index (χ1) is 16.8. The molecule has 1 saturated heterocycles. The number of methoxy groups -OCH3 is 1. The highest BCUT2D eigenvalue weighted by molar-refractivity contribution is 9.10. The van der Waals surface area contributed by atoms with E-state index >= 15 is 0 Å². The molecule has 4 rings (SSSR count). The summed E-state index contributed by atoms with van der Waals surface area (Å²) in [6.45, 7) is 0.290. The van der Waals surface area contributed by atoms with Crippen molar-refractivity contribution in [1.29, 1.82) is 0 Å². The summed E-state index contributed by atoms with van der Waals surface area (Å²) in [7, 11) is 1.47. The molecule has 1 heterocycles. The van der Waals surface area contributed by atoms with Crippen LogP contribution in [0.1, 0.15) is 11.1 Å². The average molecular weight is 604 g/mol. The second-order valence-electron chi connectivity index (χ2n) is 7.38. The number of rotatable bonds is 6. The van der Waals surface area contributed by atoms with Gasteiger partial charge in [-0.2, -0.15) is 0 Å². The summed E-state index contributed by atoms with van der Waals surface area (Å²) in [5, 5.41) is 2.13. The standard InChI is InChI=1S/C25H17Br2FN2O5/c1-34-21-12-15(11-20(27)22(21)35-13-14-2-4-16(26)5-3-14)10-19-23(31)29-25(33)30(24(19)32)18-8-6-17(28)7-9-18/h2-12H,13H2,1H3,(H,29,31,33)/b19-10+. The summed E-state index contributed by atoms with van der Waals surface area (Å²) in [4.78, 5) is 38.6. The van der Waals surface area contributed by atoms with Gasteiger partial charge in [-0.1, -0.05) is 28.1 Å². The Labute approximate surface area is 216 Å². The van der Waals surface area contributed by atoms with E-state index in [-0.39, 0.29) is 17.9 Å². The Balaban J connectivity index is 1.63. The number of imide groups is 2. The molecule has 178 valence electrons. The summed E-state index contributed by atoms with van der Waals surface area (Å²) >= 11 is 6.85. The molecule has 3 aromatic rings. The molecule has 7 nitrogen and oxygen atoms in total. The molecule has 0 aliphatic carbocycles. The fraction of sp³-hybridized carbons (Fsp3) is 0.0800. The zero-order valence-electron chi connectivity index (χ0n) is 18.2. The van der Waals surface area contributed by atoms with Crippen molar-refractivity contribution < 1.29 is 28.2 Å². The minimum atomic E-state index is -0.917. The summed E-state index contributed by atoms with van der Waals surface area (Å²) in [6, 6.07) is 14.8. The third-order valence-electron chi connectivity index (χ3n) is 5.05. The lowest BCUT2D eigenvalue weighted by molar-refractivity contribution is -0.122. The lowest BCUT2D eigenvalue weighted by atomic mass is 10.1. The highest BCUT2D eigenvalue weighted by atomic mass is 79.9. The maximum atomic E-state index is 13.3. The van der Waals surface area contributed by atoms with Crippen LogP contribution in [0.25, 0.3) is 6.08 Å². The summed E-state index contributed by atoms with van der Waals surface area (Å²) in [5.74, 6) is -1.39. The van der Waals surface area contributed by atoms with Gasteiger partial charge in [0, 0.05) is 4.47 Å². The molecule has 4 amide bonds. The number of barbiturate groups is 1. The second kappa shape index (κ2) is 10.4. The van der Waals surface area contributed by atoms with E-state index in [9.17, 15) is 18.8 Å². The molecule has 0 bridgehead atoms. The van der Waals surface area contributed by atoms with Crippen LogP contribution in [-0.2, 0) is 16.2 Å². The van der Waals surface area contributed by atoms with Crippen LogP contribution in [0.3, 0.4) is 0 Å². The monoisotopic (exact) mass is 602 g/mol. The fourth-order valence-electron chi connectivity index (χ4n) is 3.35. The molecule has 0 radical (unpaired) electrons. The van der Waals surface area contributed by atoms with Gasteiger partial charge in [0.25, 0.3) is 11.8 Å². The number of urea groups is 1. The van der Waals surface area contributed by atoms with Crippen molar-refractivity contribution in [2.45, 2.75) is 6.61 Å². The van der Waals surface area contributed by atoms with Crippen LogP contribution >= 0.6 is 31.9 Å². The van der Waals surface area contributed by atoms with E-state index in [1.807, 2.05) is 24.3 Å². The fourth-order valence-corrected chi connectivity index (χ4v) is 4.19. The first-order valence-corrected chi connectivity index (χ1v) is 11.8. The van der Waals surface area contributed by atoms with E-state index in [4.69, 9.17) is 9.47 Å². The molecule has 1 aliphatic rings. The highest BCUT2D eigenvalue weighted by Crippen LogP contribution is 2.38. The van der Waals surface area contributed by atoms with Crippen LogP contribution in [-0.4, -0.2) is 25.0 Å². The van der Waals surface area contributed by atoms with Gasteiger partial charge >= 0.3 is 6.03 Å². The molecule has 0 atom stereocenters. The third kappa shape index (κ3) is 5.44. The molecule has 1 N–H and O–H groups in total. The van der Waals surface area contributed by atoms with E-state index in [0.717, 1.165) is 27.1 Å². The molecule has 35 heavy (non-hydrogen) atoms. The van der Waals surface area contributed by atoms with Crippen LogP contribution in [0.4, 0.5) is 14.9 Å². The molecule has 1 aliphatic heterocycles. The molecular formula is C25H17Br2FN2O5. The van der Waals surface area contributed by atoms with Crippen molar-refractivity contribution >= 4 is 61.5 Å². The van der Waals surface area contributed by atoms with Gasteiger partial charge in [0.1, 0.15) is 18.0 Å². The zero-order chi connectivity index (χ0) is 25.1. The number of halogens is 3. The summed E-state index contributed by atoms with van der Waals surface area (Å²) in [6.07, 6.45) is 1.34. The Morgan fingerprint density at radius 3 is 2.34 bits per heavy atom. The molecule has 0 spiro atoms. The number of nitrogens with one attached hydrogen (secondary N) is 1. The minimum Gasteiger partial charge on any atom is -0.493 e. The summed E-state index contributed by atoms with van der Waals surface area (Å²) < 4.78 is 26.2. The van der Waals surface area contributed by atoms with Crippen molar-refractivity contribution in [1.82, 2.24) is 5.32 Å². The van der Waals surface area contributed by atoms with Gasteiger partial charge in [0.05, 0.1) is 17.3 Å². The Morgan fingerprint density at radius 1 is 1.00 bits per heavy atom. The quantitative estimate of drug-likeness (QED) is 0.293. The average Bonchev–Trinajstić information content (AvgIpc) is 2.83. The maximum absolute atomic E-state index is 13.3. The minimum absolute atomic E-state index is 0.128. The summed E-state index contributed by atoms with van der Waals surface area (Å²) in [5.41, 5.74) is 1.26. The van der Waals surface area contributed by atoms with Crippen molar-refractivity contribution in [3.05, 3.63) is 92.1 Å². The number of benzene rings is 3. The maximum Gasteiger partial charge on any atom is 0.335 e. The first kappa shape index (κ1) is 24.6. The topological polar surface area (TPSA) is 84.9 Å². The van der Waals surface area contributed by atoms with Gasteiger partial charge in [-0.3, -0.25) is 14.9 Å². The van der Waals surface area contributed by atoms with Crippen LogP contribution in [0, 0.1) is 5.82 Å². The smallest absolute Gasteiger partial charge is 0.335 e. The predicted molar refractivity (Wildman–Crippen MR) is 135 cm³/mol. The van der Waals surface area contributed by atoms with Crippen molar-refractivity contribution in [2.75, 3.05) is 12.0 Å². The Morgan fingerprint density at radius 2 is 1.69 bits per heavy atom. The van der Waals surface area contributed by atoms with Crippen LogP contribution in [0.15, 0.2) is 75.2 Å². The lowest BCUT2D eigenvalue weighted by Gasteiger charge is -2.26. The lowest BCUT2D eigenvalue weighted by Crippen LogP contribution is -2.54. The number of carbonyl (C=O) groups excluding carboxylic acids is 3. The SMILES string of the molecule is COc1cc(/C=C2\C(=O)NC(=O)N(c3ccc(F)cc3)C2=O)cc(Br)c1OCc1ccc(Br)cc1. The van der Waals surface area contributed by atoms with Crippen LogP contribution < -0.4 is 19.7 Å². The Bertz CT molecular complexity index is 1340. The molecule has 10 heteroatoms. The largest absolute Gasteiger partial charge is 0.493 e. The predicted octanol–water partition coefficient (Wildman–Crippen LogP) is 5.60.